The van der Waals surface area contributed by atoms with Crippen molar-refractivity contribution < 1.29 is 0 Å². The average Bonchev–Trinajstić information content (AvgIpc) is 3.02. The van der Waals surface area contributed by atoms with Gasteiger partial charge in [-0.25, -0.2) is 4.98 Å². The van der Waals surface area contributed by atoms with Crippen LogP contribution in [-0.4, -0.2) is 41.5 Å². The molecule has 5 nitrogen and oxygen atoms in total. The van der Waals surface area contributed by atoms with E-state index in [1.165, 1.54) is 58.0 Å². The Morgan fingerprint density at radius 1 is 1.21 bits per heavy atom. The van der Waals surface area contributed by atoms with Crippen LogP contribution >= 0.6 is 24.0 Å². The number of aromatic nitrogens is 1. The van der Waals surface area contributed by atoms with E-state index in [0.29, 0.717) is 12.0 Å². The Morgan fingerprint density at radius 3 is 2.79 bits per heavy atom. The molecule has 1 aliphatic heterocycles. The largest absolute Gasteiger partial charge is 0.370 e. The van der Waals surface area contributed by atoms with Gasteiger partial charge in [0.25, 0.3) is 0 Å². The number of pyridine rings is 1. The zero-order valence-electron chi connectivity index (χ0n) is 14.4. The van der Waals surface area contributed by atoms with E-state index >= 15 is 0 Å². The Balaban J connectivity index is 0.00000208. The summed E-state index contributed by atoms with van der Waals surface area (Å²) in [6.07, 6.45) is 11.4. The first kappa shape index (κ1) is 19.4. The molecule has 1 atom stereocenters. The zero-order chi connectivity index (χ0) is 15.9. The number of anilines is 1. The van der Waals surface area contributed by atoms with Crippen LogP contribution in [0.15, 0.2) is 29.4 Å². The van der Waals surface area contributed by atoms with Crippen molar-refractivity contribution in [2.24, 2.45) is 16.6 Å². The maximum Gasteiger partial charge on any atom is 0.194 e. The molecule has 1 aromatic heterocycles. The molecule has 24 heavy (non-hydrogen) atoms. The second-order valence-electron chi connectivity index (χ2n) is 6.86. The van der Waals surface area contributed by atoms with E-state index in [2.05, 4.69) is 20.2 Å². The molecule has 0 amide bonds. The zero-order valence-corrected chi connectivity index (χ0v) is 16.7. The van der Waals surface area contributed by atoms with Gasteiger partial charge in [-0.3, -0.25) is 9.89 Å². The van der Waals surface area contributed by atoms with Crippen molar-refractivity contribution in [1.29, 1.82) is 0 Å². The van der Waals surface area contributed by atoms with Crippen molar-refractivity contribution in [2.45, 2.75) is 51.0 Å². The van der Waals surface area contributed by atoms with Crippen molar-refractivity contribution in [3.63, 3.8) is 0 Å². The standard InChI is InChI=1S/C18H29N5.HI/c19-18(22-17-10-4-5-11-20-17)21-13-16-9-6-12-23(16)14-15-7-2-1-3-8-15;/h4-5,10-11,15-16H,1-3,6-9,12-14H2,(H3,19,20,21,22);1H. The highest BCUT2D eigenvalue weighted by molar-refractivity contribution is 14.0. The van der Waals surface area contributed by atoms with Crippen LogP contribution in [0.5, 0.6) is 0 Å². The van der Waals surface area contributed by atoms with Gasteiger partial charge in [0, 0.05) is 18.8 Å². The predicted octanol–water partition coefficient (Wildman–Crippen LogP) is 3.47. The maximum absolute atomic E-state index is 5.99. The van der Waals surface area contributed by atoms with Crippen LogP contribution in [0.4, 0.5) is 5.82 Å². The summed E-state index contributed by atoms with van der Waals surface area (Å²) in [4.78, 5) is 11.4. The van der Waals surface area contributed by atoms with Gasteiger partial charge in [0.15, 0.2) is 5.96 Å². The molecule has 1 unspecified atom stereocenters. The van der Waals surface area contributed by atoms with E-state index in [9.17, 15) is 0 Å². The molecule has 2 aliphatic rings. The van der Waals surface area contributed by atoms with Crippen LogP contribution in [0.3, 0.4) is 0 Å². The lowest BCUT2D eigenvalue weighted by molar-refractivity contribution is 0.191. The summed E-state index contributed by atoms with van der Waals surface area (Å²) in [6, 6.07) is 6.28. The second-order valence-corrected chi connectivity index (χ2v) is 6.86. The van der Waals surface area contributed by atoms with Crippen LogP contribution < -0.4 is 11.1 Å². The Hall–Kier alpha value is -0.890. The first-order chi connectivity index (χ1) is 11.3. The molecule has 0 radical (unpaired) electrons. The quantitative estimate of drug-likeness (QED) is 0.416. The molecule has 3 N–H and O–H groups in total. The fraction of sp³-hybridized carbons (Fsp3) is 0.667. The molecular formula is C18H30IN5. The number of aliphatic imine (C=N–C) groups is 1. The fourth-order valence-corrected chi connectivity index (χ4v) is 3.85. The van der Waals surface area contributed by atoms with Gasteiger partial charge in [-0.1, -0.05) is 25.3 Å². The van der Waals surface area contributed by atoms with Crippen molar-refractivity contribution in [2.75, 3.05) is 25.0 Å². The second kappa shape index (κ2) is 10.2. The highest BCUT2D eigenvalue weighted by atomic mass is 127. The molecule has 1 saturated carbocycles. The van der Waals surface area contributed by atoms with Gasteiger partial charge in [-0.2, -0.15) is 0 Å². The first-order valence-electron chi connectivity index (χ1n) is 9.03. The van der Waals surface area contributed by atoms with E-state index in [-0.39, 0.29) is 24.0 Å². The summed E-state index contributed by atoms with van der Waals surface area (Å²) in [5.41, 5.74) is 5.99. The van der Waals surface area contributed by atoms with Crippen LogP contribution in [0.1, 0.15) is 44.9 Å². The van der Waals surface area contributed by atoms with Crippen LogP contribution in [-0.2, 0) is 0 Å². The van der Waals surface area contributed by atoms with Crippen molar-refractivity contribution in [3.05, 3.63) is 24.4 Å². The van der Waals surface area contributed by atoms with Gasteiger partial charge < -0.3 is 11.1 Å². The molecule has 2 fully saturated rings. The molecule has 134 valence electrons. The molecule has 3 rings (SSSR count). The summed E-state index contributed by atoms with van der Waals surface area (Å²) in [6.45, 7) is 3.27. The van der Waals surface area contributed by atoms with E-state index in [0.717, 1.165) is 18.3 Å². The lowest BCUT2D eigenvalue weighted by Gasteiger charge is -2.30. The minimum absolute atomic E-state index is 0. The normalized spacial score (nSPS) is 23.0. The number of nitrogens with zero attached hydrogens (tertiary/aromatic N) is 3. The SMILES string of the molecule is I.NC(=NCC1CCCN1CC1CCCCC1)Nc1ccccn1. The summed E-state index contributed by atoms with van der Waals surface area (Å²) in [5.74, 6) is 2.12. The number of hydrogen-bond donors (Lipinski definition) is 2. The number of rotatable bonds is 5. The highest BCUT2D eigenvalue weighted by Crippen LogP contribution is 2.27. The first-order valence-corrected chi connectivity index (χ1v) is 9.03. The molecule has 2 heterocycles. The minimum Gasteiger partial charge on any atom is -0.370 e. The Bertz CT molecular complexity index is 501. The molecule has 0 bridgehead atoms. The summed E-state index contributed by atoms with van der Waals surface area (Å²) in [7, 11) is 0. The van der Waals surface area contributed by atoms with E-state index in [1.54, 1.807) is 6.20 Å². The smallest absolute Gasteiger partial charge is 0.194 e. The average molecular weight is 443 g/mol. The molecule has 1 saturated heterocycles. The lowest BCUT2D eigenvalue weighted by Crippen LogP contribution is -2.37. The maximum atomic E-state index is 5.99. The predicted molar refractivity (Wildman–Crippen MR) is 111 cm³/mol. The molecule has 1 aliphatic carbocycles. The molecule has 6 heteroatoms. The fourth-order valence-electron chi connectivity index (χ4n) is 3.85. The third-order valence-electron chi connectivity index (χ3n) is 5.11. The number of nitrogens with one attached hydrogen (secondary N) is 1. The van der Waals surface area contributed by atoms with Gasteiger partial charge in [0.1, 0.15) is 5.82 Å². The molecule has 0 spiro atoms. The van der Waals surface area contributed by atoms with Crippen molar-refractivity contribution in [3.8, 4) is 0 Å². The van der Waals surface area contributed by atoms with Crippen molar-refractivity contribution in [1.82, 2.24) is 9.88 Å². The van der Waals surface area contributed by atoms with E-state index in [4.69, 9.17) is 5.73 Å². The number of nitrogens with two attached hydrogens (primary N) is 1. The Kier molecular flexibility index (Phi) is 8.24. The van der Waals surface area contributed by atoms with Crippen molar-refractivity contribution >= 4 is 35.8 Å². The Labute approximate surface area is 162 Å². The van der Waals surface area contributed by atoms with E-state index < -0.39 is 0 Å². The van der Waals surface area contributed by atoms with Crippen LogP contribution in [0.2, 0.25) is 0 Å². The van der Waals surface area contributed by atoms with Crippen LogP contribution in [0.25, 0.3) is 0 Å². The number of guanidine groups is 1. The summed E-state index contributed by atoms with van der Waals surface area (Å²) in [5, 5.41) is 3.06. The number of halogens is 1. The van der Waals surface area contributed by atoms with E-state index in [1.807, 2.05) is 18.2 Å². The number of likely N-dealkylation sites (tertiary alicyclic amines) is 1. The third kappa shape index (κ3) is 5.88. The summed E-state index contributed by atoms with van der Waals surface area (Å²) < 4.78 is 0. The Morgan fingerprint density at radius 2 is 2.04 bits per heavy atom. The third-order valence-corrected chi connectivity index (χ3v) is 5.11. The molecule has 1 aromatic rings. The van der Waals surface area contributed by atoms with Gasteiger partial charge >= 0.3 is 0 Å². The van der Waals surface area contributed by atoms with Gasteiger partial charge in [-0.15, -0.1) is 24.0 Å². The number of hydrogen-bond acceptors (Lipinski definition) is 3. The highest BCUT2D eigenvalue weighted by Gasteiger charge is 2.27. The lowest BCUT2D eigenvalue weighted by atomic mass is 9.89. The van der Waals surface area contributed by atoms with Crippen LogP contribution in [0, 0.1) is 5.92 Å². The summed E-state index contributed by atoms with van der Waals surface area (Å²) >= 11 is 0. The topological polar surface area (TPSA) is 66.5 Å². The molecule has 0 aromatic carbocycles. The monoisotopic (exact) mass is 443 g/mol. The van der Waals surface area contributed by atoms with Gasteiger partial charge in [0.05, 0.1) is 6.54 Å². The van der Waals surface area contributed by atoms with Gasteiger partial charge in [0.2, 0.25) is 0 Å². The van der Waals surface area contributed by atoms with Gasteiger partial charge in [-0.05, 0) is 50.3 Å². The minimum atomic E-state index is 0. The molecular weight excluding hydrogens is 413 g/mol.